The monoisotopic (exact) mass is 172 g/mol. The number of carbonyl (C=O) groups is 1. The van der Waals surface area contributed by atoms with Gasteiger partial charge in [-0.1, -0.05) is 13.8 Å². The minimum Gasteiger partial charge on any atom is -0.295 e. The van der Waals surface area contributed by atoms with Gasteiger partial charge in [0.25, 0.3) is 0 Å². The largest absolute Gasteiger partial charge is 0.295 e. The Kier molecular flexibility index (Phi) is 5.30. The first-order valence-electron chi connectivity index (χ1n) is 3.88. The van der Waals surface area contributed by atoms with E-state index in [2.05, 4.69) is 13.8 Å². The summed E-state index contributed by atoms with van der Waals surface area (Å²) in [5.74, 6) is 0.670. The van der Waals surface area contributed by atoms with Gasteiger partial charge in [-0.15, -0.1) is 11.8 Å². The van der Waals surface area contributed by atoms with E-state index in [-0.39, 0.29) is 5.78 Å². The molecule has 0 amide bonds. The molecule has 1 nitrogen and oxygen atoms in total. The van der Waals surface area contributed by atoms with Crippen LogP contribution in [0.4, 0.5) is 0 Å². The lowest BCUT2D eigenvalue weighted by molar-refractivity contribution is -0.112. The van der Waals surface area contributed by atoms with E-state index >= 15 is 0 Å². The Bertz CT molecular complexity index is 161. The first-order valence-corrected chi connectivity index (χ1v) is 5.10. The molecule has 0 heterocycles. The lowest BCUT2D eigenvalue weighted by Crippen LogP contribution is -1.96. The van der Waals surface area contributed by atoms with Crippen molar-refractivity contribution in [2.24, 2.45) is 5.92 Å². The summed E-state index contributed by atoms with van der Waals surface area (Å²) >= 11 is 1.67. The third-order valence-electron chi connectivity index (χ3n) is 1.68. The molecule has 0 rings (SSSR count). The molecule has 2 heteroatoms. The topological polar surface area (TPSA) is 17.1 Å². The normalized spacial score (nSPS) is 14.7. The van der Waals surface area contributed by atoms with E-state index < -0.39 is 0 Å². The van der Waals surface area contributed by atoms with Gasteiger partial charge in [0.15, 0.2) is 5.78 Å². The van der Waals surface area contributed by atoms with Crippen LogP contribution in [-0.4, -0.2) is 12.0 Å². The zero-order valence-electron chi connectivity index (χ0n) is 7.68. The van der Waals surface area contributed by atoms with Crippen molar-refractivity contribution in [1.82, 2.24) is 0 Å². The van der Waals surface area contributed by atoms with Crippen molar-refractivity contribution in [3.05, 3.63) is 11.0 Å². The van der Waals surface area contributed by atoms with Gasteiger partial charge in [-0.25, -0.2) is 0 Å². The first-order chi connectivity index (χ1) is 5.11. The molecule has 11 heavy (non-hydrogen) atoms. The fourth-order valence-electron chi connectivity index (χ4n) is 0.804. The average molecular weight is 172 g/mol. The molecule has 0 aliphatic heterocycles. The molecule has 0 radical (unpaired) electrons. The highest BCUT2D eigenvalue weighted by molar-refractivity contribution is 8.02. The zero-order chi connectivity index (χ0) is 8.85. The van der Waals surface area contributed by atoms with Crippen molar-refractivity contribution in [2.45, 2.75) is 27.2 Å². The molecule has 0 aliphatic carbocycles. The van der Waals surface area contributed by atoms with Crippen molar-refractivity contribution < 1.29 is 4.79 Å². The van der Waals surface area contributed by atoms with Gasteiger partial charge in [0, 0.05) is 0 Å². The van der Waals surface area contributed by atoms with Crippen LogP contribution in [0.5, 0.6) is 0 Å². The van der Waals surface area contributed by atoms with E-state index in [0.29, 0.717) is 5.92 Å². The molecule has 0 saturated carbocycles. The second kappa shape index (κ2) is 5.42. The maximum Gasteiger partial charge on any atom is 0.153 e. The molecule has 0 spiro atoms. The standard InChI is InChI=1S/C9H16OS/c1-5-7(2)9(11-4)6-8(3)10/h6-7H,5H2,1-4H3/b9-6-. The lowest BCUT2D eigenvalue weighted by atomic mass is 10.1. The molecule has 0 fully saturated rings. The van der Waals surface area contributed by atoms with Gasteiger partial charge < -0.3 is 0 Å². The van der Waals surface area contributed by atoms with Crippen LogP contribution in [0.25, 0.3) is 0 Å². The van der Waals surface area contributed by atoms with Crippen LogP contribution >= 0.6 is 11.8 Å². The van der Waals surface area contributed by atoms with Crippen LogP contribution < -0.4 is 0 Å². The Morgan fingerprint density at radius 1 is 1.64 bits per heavy atom. The van der Waals surface area contributed by atoms with Crippen LogP contribution in [0, 0.1) is 5.92 Å². The second-order valence-corrected chi connectivity index (χ2v) is 3.55. The summed E-state index contributed by atoms with van der Waals surface area (Å²) in [5.41, 5.74) is 0. The molecule has 1 unspecified atom stereocenters. The van der Waals surface area contributed by atoms with Crippen LogP contribution in [-0.2, 0) is 4.79 Å². The maximum absolute atomic E-state index is 10.7. The van der Waals surface area contributed by atoms with Gasteiger partial charge in [0.2, 0.25) is 0 Å². The van der Waals surface area contributed by atoms with Crippen molar-refractivity contribution in [2.75, 3.05) is 6.26 Å². The first kappa shape index (κ1) is 10.8. The van der Waals surface area contributed by atoms with Crippen LogP contribution in [0.1, 0.15) is 27.2 Å². The minimum atomic E-state index is 0.148. The van der Waals surface area contributed by atoms with E-state index in [0.717, 1.165) is 6.42 Å². The van der Waals surface area contributed by atoms with Crippen LogP contribution in [0.15, 0.2) is 11.0 Å². The van der Waals surface area contributed by atoms with Crippen LogP contribution in [0.3, 0.4) is 0 Å². The van der Waals surface area contributed by atoms with Gasteiger partial charge in [0.1, 0.15) is 0 Å². The average Bonchev–Trinajstić information content (AvgIpc) is 1.98. The highest BCUT2D eigenvalue weighted by Gasteiger charge is 2.05. The van der Waals surface area contributed by atoms with E-state index in [4.69, 9.17) is 0 Å². The summed E-state index contributed by atoms with van der Waals surface area (Å²) < 4.78 is 0. The van der Waals surface area contributed by atoms with E-state index in [1.807, 2.05) is 6.26 Å². The van der Waals surface area contributed by atoms with Gasteiger partial charge in [0.05, 0.1) is 0 Å². The summed E-state index contributed by atoms with van der Waals surface area (Å²) in [4.78, 5) is 11.9. The highest BCUT2D eigenvalue weighted by Crippen LogP contribution is 2.23. The molecule has 0 bridgehead atoms. The number of carbonyl (C=O) groups excluding carboxylic acids is 1. The number of hydrogen-bond donors (Lipinski definition) is 0. The number of hydrogen-bond acceptors (Lipinski definition) is 2. The number of ketones is 1. The SMILES string of the molecule is CCC(C)/C(=C/C(C)=O)SC. The fraction of sp³-hybridized carbons (Fsp3) is 0.667. The molecular weight excluding hydrogens is 156 g/mol. The molecule has 0 N–H and O–H groups in total. The molecule has 0 aromatic rings. The Balaban J connectivity index is 4.26. The summed E-state index contributed by atoms with van der Waals surface area (Å²) in [7, 11) is 0. The molecule has 0 aromatic heterocycles. The Morgan fingerprint density at radius 3 is 2.45 bits per heavy atom. The highest BCUT2D eigenvalue weighted by atomic mass is 32.2. The Labute approximate surface area is 73.3 Å². The van der Waals surface area contributed by atoms with Crippen molar-refractivity contribution in [3.8, 4) is 0 Å². The third-order valence-corrected chi connectivity index (χ3v) is 2.67. The molecule has 0 aromatic carbocycles. The molecule has 64 valence electrons. The zero-order valence-corrected chi connectivity index (χ0v) is 8.49. The van der Waals surface area contributed by atoms with E-state index in [9.17, 15) is 4.79 Å². The Hall–Kier alpha value is -0.240. The van der Waals surface area contributed by atoms with Gasteiger partial charge in [-0.3, -0.25) is 4.79 Å². The van der Waals surface area contributed by atoms with E-state index in [1.54, 1.807) is 24.8 Å². The summed E-state index contributed by atoms with van der Waals surface area (Å²) in [6, 6.07) is 0. The quantitative estimate of drug-likeness (QED) is 0.606. The van der Waals surface area contributed by atoms with Crippen molar-refractivity contribution in [1.29, 1.82) is 0 Å². The Morgan fingerprint density at radius 2 is 2.18 bits per heavy atom. The second-order valence-electron chi connectivity index (χ2n) is 2.67. The minimum absolute atomic E-state index is 0.148. The number of thioether (sulfide) groups is 1. The van der Waals surface area contributed by atoms with Gasteiger partial charge in [-0.05, 0) is 36.5 Å². The van der Waals surface area contributed by atoms with Crippen LogP contribution in [0.2, 0.25) is 0 Å². The predicted molar refractivity (Wildman–Crippen MR) is 51.7 cm³/mol. The lowest BCUT2D eigenvalue weighted by Gasteiger charge is -2.09. The molecular formula is C9H16OS. The smallest absolute Gasteiger partial charge is 0.153 e. The van der Waals surface area contributed by atoms with Gasteiger partial charge in [-0.2, -0.15) is 0 Å². The summed E-state index contributed by atoms with van der Waals surface area (Å²) in [6.07, 6.45) is 4.85. The fourth-order valence-corrected chi connectivity index (χ4v) is 1.66. The maximum atomic E-state index is 10.7. The summed E-state index contributed by atoms with van der Waals surface area (Å²) in [5, 5.41) is 0. The molecule has 0 aliphatic rings. The molecule has 0 saturated heterocycles. The van der Waals surface area contributed by atoms with E-state index in [1.165, 1.54) is 4.91 Å². The predicted octanol–water partition coefficient (Wildman–Crippen LogP) is 2.87. The summed E-state index contributed by atoms with van der Waals surface area (Å²) in [6.45, 7) is 5.87. The number of rotatable bonds is 4. The van der Waals surface area contributed by atoms with Crippen molar-refractivity contribution >= 4 is 17.5 Å². The number of allylic oxidation sites excluding steroid dienone is 2. The van der Waals surface area contributed by atoms with Gasteiger partial charge >= 0.3 is 0 Å². The molecule has 1 atom stereocenters. The third kappa shape index (κ3) is 4.25. The van der Waals surface area contributed by atoms with Crippen molar-refractivity contribution in [3.63, 3.8) is 0 Å².